The number of carboxylic acid groups (broad SMARTS) is 2. The molecule has 0 radical (unpaired) electrons. The highest BCUT2D eigenvalue weighted by Gasteiger charge is 2.31. The van der Waals surface area contributed by atoms with Gasteiger partial charge in [-0.3, -0.25) is 14.4 Å². The van der Waals surface area contributed by atoms with Crippen LogP contribution in [0.25, 0.3) is 16.7 Å². The number of carbonyl (C=O) groups is 3. The molecule has 3 N–H and O–H groups in total. The van der Waals surface area contributed by atoms with E-state index in [1.54, 1.807) is 49.7 Å². The lowest BCUT2D eigenvalue weighted by atomic mass is 9.89. The van der Waals surface area contributed by atoms with Gasteiger partial charge >= 0.3 is 17.6 Å². The number of hydrogen-bond donors (Lipinski definition) is 3. The molecule has 6 rings (SSSR count). The van der Waals surface area contributed by atoms with E-state index in [0.29, 0.717) is 33.9 Å². The fourth-order valence-electron chi connectivity index (χ4n) is 8.69. The van der Waals surface area contributed by atoms with Gasteiger partial charge in [-0.25, -0.2) is 9.59 Å². The van der Waals surface area contributed by atoms with Crippen molar-refractivity contribution in [3.8, 4) is 16.9 Å². The lowest BCUT2D eigenvalue weighted by Gasteiger charge is -2.24. The van der Waals surface area contributed by atoms with Gasteiger partial charge in [0, 0.05) is 44.8 Å². The predicted molar refractivity (Wildman–Crippen MR) is 321 cm³/mol. The summed E-state index contributed by atoms with van der Waals surface area (Å²) in [5.74, 6) is 1.05. The van der Waals surface area contributed by atoms with Crippen LogP contribution in [-0.4, -0.2) is 58.3 Å². The number of benzene rings is 5. The number of rotatable bonds is 16. The van der Waals surface area contributed by atoms with Crippen LogP contribution in [0, 0.1) is 82.1 Å². The normalized spacial score (nSPS) is 11.6. The second-order valence-corrected chi connectivity index (χ2v) is 27.6. The first-order valence-corrected chi connectivity index (χ1v) is 30.9. The molecule has 0 fully saturated rings. The number of halogens is 1. The van der Waals surface area contributed by atoms with Gasteiger partial charge in [0.1, 0.15) is 28.6 Å². The molecule has 0 saturated carbocycles. The number of aliphatic carboxylic acids is 2. The van der Waals surface area contributed by atoms with Gasteiger partial charge in [0.05, 0.1) is 5.76 Å². The number of hydrogen-bond acceptors (Lipinski definition) is 10. The number of carbonyl (C=O) groups excluding carboxylic acids is 2. The van der Waals surface area contributed by atoms with E-state index in [-0.39, 0.29) is 22.8 Å². The number of allylic oxidation sites excluding steroid dienone is 2. The van der Waals surface area contributed by atoms with E-state index in [1.165, 1.54) is 20.9 Å². The lowest BCUT2D eigenvalue weighted by Crippen LogP contribution is -2.26. The molecule has 77 heavy (non-hydrogen) atoms. The average molecular weight is 1120 g/mol. The van der Waals surface area contributed by atoms with Gasteiger partial charge in [-0.2, -0.15) is 0 Å². The Kier molecular flexibility index (Phi) is 24.8. The van der Waals surface area contributed by atoms with Gasteiger partial charge in [-0.15, -0.1) is 23.5 Å². The maximum absolute atomic E-state index is 12.7. The van der Waals surface area contributed by atoms with Crippen LogP contribution in [0.5, 0.6) is 5.75 Å². The van der Waals surface area contributed by atoms with Crippen LogP contribution in [0.1, 0.15) is 104 Å². The smallest absolute Gasteiger partial charge is 0.347 e. The predicted octanol–water partition coefficient (Wildman–Crippen LogP) is 15.7. The SMILES string of the molecule is C=C(O[Si](C)(C)C)C(C)CSc1ccc(C)cc1.Cc1cc(C)c(C(=C=O)C(=O)Cl)c(C)c1.Cc1cc(C)c(C(C(=O)O)C(=O)O)c(C)c1.Cc1ccc(SCC(C)c2cc(O)c(-c3c(C)cc(C)cc3C)c(=O)o2)cc1. The van der Waals surface area contributed by atoms with Crippen LogP contribution in [0.2, 0.25) is 19.6 Å². The maximum atomic E-state index is 12.7. The van der Waals surface area contributed by atoms with E-state index >= 15 is 0 Å². The minimum atomic E-state index is -1.51. The van der Waals surface area contributed by atoms with Crippen LogP contribution < -0.4 is 5.63 Å². The lowest BCUT2D eigenvalue weighted by molar-refractivity contribution is -0.150. The number of thioether (sulfide) groups is 2. The molecule has 0 aliphatic carbocycles. The Labute approximate surface area is 470 Å². The molecule has 0 spiro atoms. The van der Waals surface area contributed by atoms with Crippen LogP contribution in [0.4, 0.5) is 0 Å². The topological polar surface area (TPSA) is 168 Å². The summed E-state index contributed by atoms with van der Waals surface area (Å²) in [6.45, 7) is 35.9. The van der Waals surface area contributed by atoms with Gasteiger partial charge < -0.3 is 24.2 Å². The van der Waals surface area contributed by atoms with E-state index in [9.17, 15) is 29.1 Å². The van der Waals surface area contributed by atoms with Crippen molar-refractivity contribution in [3.63, 3.8) is 0 Å². The Hall–Kier alpha value is -6.34. The Morgan fingerprint density at radius 2 is 1.04 bits per heavy atom. The molecular formula is C63H75ClO10S2Si. The molecule has 0 saturated heterocycles. The van der Waals surface area contributed by atoms with Gasteiger partial charge in [0.25, 0.3) is 5.24 Å². The average Bonchev–Trinajstić information content (AvgIpc) is 3.30. The minimum absolute atomic E-state index is 0.000773. The van der Waals surface area contributed by atoms with Crippen molar-refractivity contribution in [2.45, 2.75) is 131 Å². The van der Waals surface area contributed by atoms with Crippen LogP contribution in [0.3, 0.4) is 0 Å². The summed E-state index contributed by atoms with van der Waals surface area (Å²) in [5, 5.41) is 27.7. The molecule has 10 nitrogen and oxygen atoms in total. The molecule has 2 unspecified atom stereocenters. The first kappa shape index (κ1) is 64.9. The summed E-state index contributed by atoms with van der Waals surface area (Å²) >= 11 is 8.90. The van der Waals surface area contributed by atoms with Crippen molar-refractivity contribution < 1.29 is 43.3 Å². The van der Waals surface area contributed by atoms with E-state index < -0.39 is 37.0 Å². The summed E-state index contributed by atoms with van der Waals surface area (Å²) in [7, 11) is -1.51. The van der Waals surface area contributed by atoms with Crippen molar-refractivity contribution >= 4 is 72.1 Å². The van der Waals surface area contributed by atoms with E-state index in [1.807, 2.05) is 91.4 Å². The minimum Gasteiger partial charge on any atom is -0.548 e. The molecule has 1 aromatic heterocycles. The molecule has 2 atom stereocenters. The van der Waals surface area contributed by atoms with Crippen molar-refractivity contribution in [1.29, 1.82) is 0 Å². The van der Waals surface area contributed by atoms with E-state index in [4.69, 9.17) is 30.7 Å². The zero-order chi connectivity index (χ0) is 58.2. The summed E-state index contributed by atoms with van der Waals surface area (Å²) < 4.78 is 11.6. The molecule has 0 bridgehead atoms. The van der Waals surface area contributed by atoms with Crippen LogP contribution in [0.15, 0.2) is 122 Å². The number of aromatic hydroxyl groups is 1. The van der Waals surface area contributed by atoms with Gasteiger partial charge in [0.2, 0.25) is 8.32 Å². The Balaban J connectivity index is 0.000000281. The third-order valence-corrected chi connectivity index (χ3v) is 15.7. The largest absolute Gasteiger partial charge is 0.548 e. The second kappa shape index (κ2) is 29.4. The van der Waals surface area contributed by atoms with Crippen molar-refractivity contribution in [2.75, 3.05) is 11.5 Å². The highest BCUT2D eigenvalue weighted by atomic mass is 35.5. The van der Waals surface area contributed by atoms with Crippen LogP contribution in [-0.2, 0) is 23.6 Å². The second-order valence-electron chi connectivity index (χ2n) is 20.6. The Morgan fingerprint density at radius 3 is 1.42 bits per heavy atom. The molecule has 1 heterocycles. The standard InChI is InChI=1S/C24H26O3S.C15H24OSSi.C12H11ClO2.C12H14O4/c1-14-6-8-19(9-7-14)28-13-18(5)21-12-20(25)23(24(26)27-21)22-16(3)10-15(2)11-17(22)4;1-12-7-9-15(10-8-12)17-11-13(2)14(3)16-18(4,5)6;1-7-4-8(2)11(9(3)5-7)10(6-14)12(13)15;1-6-4-7(2)9(8(3)5-6)10(11(13)14)12(15)16/h6-12,18,25H,13H2,1-5H3;7-10,13H,3,11H2,1-2,4-6H3;4-5H,1-3H3;4-5,10H,1-3H3,(H,13,14)(H,15,16). The summed E-state index contributed by atoms with van der Waals surface area (Å²) in [4.78, 5) is 58.8. The highest BCUT2D eigenvalue weighted by Crippen LogP contribution is 2.35. The van der Waals surface area contributed by atoms with Gasteiger partial charge in [0.15, 0.2) is 5.92 Å². The van der Waals surface area contributed by atoms with Gasteiger partial charge in [-0.05, 0) is 176 Å². The zero-order valence-corrected chi connectivity index (χ0v) is 50.8. The maximum Gasteiger partial charge on any atom is 0.347 e. The fourth-order valence-corrected chi connectivity index (χ4v) is 11.7. The molecule has 6 aromatic rings. The first-order valence-electron chi connectivity index (χ1n) is 25.1. The summed E-state index contributed by atoms with van der Waals surface area (Å²) in [6.07, 6.45) is 0. The first-order chi connectivity index (χ1) is 35.8. The highest BCUT2D eigenvalue weighted by molar-refractivity contribution is 7.99. The monoisotopic (exact) mass is 1120 g/mol. The summed E-state index contributed by atoms with van der Waals surface area (Å²) in [6, 6.07) is 30.0. The molecule has 0 amide bonds. The van der Waals surface area contributed by atoms with E-state index in [2.05, 4.69) is 95.5 Å². The fraction of sp³-hybridized carbons (Fsp3) is 0.333. The molecule has 0 aliphatic heterocycles. The van der Waals surface area contributed by atoms with Crippen molar-refractivity contribution in [1.82, 2.24) is 0 Å². The van der Waals surface area contributed by atoms with Gasteiger partial charge in [-0.1, -0.05) is 109 Å². The number of aryl methyl sites for hydroxylation is 11. The Morgan fingerprint density at radius 1 is 0.636 bits per heavy atom. The van der Waals surface area contributed by atoms with Crippen molar-refractivity contribution in [3.05, 3.63) is 192 Å². The molecule has 14 heteroatoms. The molecular weight excluding hydrogens is 1040 g/mol. The molecule has 5 aromatic carbocycles. The van der Waals surface area contributed by atoms with Crippen LogP contribution >= 0.6 is 35.1 Å². The Bertz CT molecular complexity index is 3100. The molecule has 410 valence electrons. The quantitative estimate of drug-likeness (QED) is 0.0160. The van der Waals surface area contributed by atoms with Crippen molar-refractivity contribution in [2.24, 2.45) is 5.92 Å². The third-order valence-electron chi connectivity index (χ3n) is 12.1. The summed E-state index contributed by atoms with van der Waals surface area (Å²) in [5.41, 5.74) is 12.2. The number of carboxylic acids is 2. The third kappa shape index (κ3) is 19.9. The van der Waals surface area contributed by atoms with E-state index in [0.717, 1.165) is 61.8 Å². The zero-order valence-electron chi connectivity index (χ0n) is 47.4. The molecule has 0 aliphatic rings.